The highest BCUT2D eigenvalue weighted by Gasteiger charge is 2.13. The topological polar surface area (TPSA) is 64.4 Å². The molecule has 0 spiro atoms. The lowest BCUT2D eigenvalue weighted by Gasteiger charge is -2.15. The first-order chi connectivity index (χ1) is 12.0. The van der Waals surface area contributed by atoms with Gasteiger partial charge in [0.05, 0.1) is 33.8 Å². The molecular weight excluding hydrogens is 370 g/mol. The summed E-state index contributed by atoms with van der Waals surface area (Å²) in [6, 6.07) is 8.65. The van der Waals surface area contributed by atoms with Gasteiger partial charge in [-0.3, -0.25) is 9.36 Å². The minimum Gasteiger partial charge on any atom is -0.488 e. The van der Waals surface area contributed by atoms with Crippen LogP contribution in [0.15, 0.2) is 47.5 Å². The van der Waals surface area contributed by atoms with Crippen LogP contribution >= 0.6 is 23.2 Å². The van der Waals surface area contributed by atoms with Crippen molar-refractivity contribution in [2.24, 2.45) is 0 Å². The zero-order chi connectivity index (χ0) is 18.0. The maximum absolute atomic E-state index is 13.2. The molecule has 0 saturated heterocycles. The van der Waals surface area contributed by atoms with Gasteiger partial charge in [0.25, 0.3) is 5.56 Å². The summed E-state index contributed by atoms with van der Waals surface area (Å²) in [4.78, 5) is 16.4. The van der Waals surface area contributed by atoms with E-state index in [9.17, 15) is 14.3 Å². The van der Waals surface area contributed by atoms with Crippen LogP contribution in [0.2, 0.25) is 10.0 Å². The molecule has 5 nitrogen and oxygen atoms in total. The van der Waals surface area contributed by atoms with E-state index >= 15 is 0 Å². The standard InChI is InChI=1S/C17H13Cl2FN2O3/c18-13-2-1-3-14(19)16(13)25-8-11(23)7-22-9-21-15-6-10(20)4-5-12(15)17(22)24/h1-6,9,11,23H,7-8H2. The largest absolute Gasteiger partial charge is 0.488 e. The van der Waals surface area contributed by atoms with Crippen molar-refractivity contribution >= 4 is 34.1 Å². The fourth-order valence-corrected chi connectivity index (χ4v) is 2.85. The van der Waals surface area contributed by atoms with Crippen LogP contribution in [-0.2, 0) is 6.54 Å². The molecule has 2 aromatic carbocycles. The molecule has 0 radical (unpaired) electrons. The molecule has 3 aromatic rings. The molecule has 8 heteroatoms. The molecule has 25 heavy (non-hydrogen) atoms. The van der Waals surface area contributed by atoms with Gasteiger partial charge in [0.1, 0.15) is 18.5 Å². The molecule has 0 amide bonds. The summed E-state index contributed by atoms with van der Waals surface area (Å²) >= 11 is 12.0. The first kappa shape index (κ1) is 17.7. The van der Waals surface area contributed by atoms with E-state index in [2.05, 4.69) is 4.98 Å². The molecule has 1 unspecified atom stereocenters. The Balaban J connectivity index is 1.74. The monoisotopic (exact) mass is 382 g/mol. The average molecular weight is 383 g/mol. The molecule has 1 heterocycles. The molecule has 0 fully saturated rings. The lowest BCUT2D eigenvalue weighted by molar-refractivity contribution is 0.0916. The smallest absolute Gasteiger partial charge is 0.261 e. The van der Waals surface area contributed by atoms with Crippen LogP contribution < -0.4 is 10.3 Å². The van der Waals surface area contributed by atoms with Crippen LogP contribution in [-0.4, -0.2) is 27.4 Å². The maximum Gasteiger partial charge on any atom is 0.261 e. The Hall–Kier alpha value is -2.15. The number of nitrogens with zero attached hydrogens (tertiary/aromatic N) is 2. The SMILES string of the molecule is O=c1c2ccc(F)cc2ncn1CC(O)COc1c(Cl)cccc1Cl. The number of aliphatic hydroxyl groups is 1. The molecule has 3 rings (SSSR count). The van der Waals surface area contributed by atoms with E-state index in [4.69, 9.17) is 27.9 Å². The van der Waals surface area contributed by atoms with Crippen LogP contribution in [0.3, 0.4) is 0 Å². The summed E-state index contributed by atoms with van der Waals surface area (Å²) < 4.78 is 19.9. The van der Waals surface area contributed by atoms with Crippen molar-refractivity contribution in [2.75, 3.05) is 6.61 Å². The van der Waals surface area contributed by atoms with Crippen molar-refractivity contribution in [1.29, 1.82) is 0 Å². The van der Waals surface area contributed by atoms with Crippen molar-refractivity contribution < 1.29 is 14.2 Å². The minimum atomic E-state index is -0.996. The van der Waals surface area contributed by atoms with Gasteiger partial charge in [-0.25, -0.2) is 9.37 Å². The number of hydrogen-bond donors (Lipinski definition) is 1. The van der Waals surface area contributed by atoms with Crippen LogP contribution in [0.1, 0.15) is 0 Å². The van der Waals surface area contributed by atoms with E-state index in [1.807, 2.05) is 0 Å². The first-order valence-corrected chi connectivity index (χ1v) is 8.11. The van der Waals surface area contributed by atoms with E-state index in [1.165, 1.54) is 29.1 Å². The summed E-state index contributed by atoms with van der Waals surface area (Å²) in [6.07, 6.45) is 0.264. The number of halogens is 3. The third kappa shape index (κ3) is 3.92. The Morgan fingerprint density at radius 2 is 1.96 bits per heavy atom. The van der Waals surface area contributed by atoms with E-state index < -0.39 is 11.9 Å². The van der Waals surface area contributed by atoms with Crippen molar-refractivity contribution in [3.05, 3.63) is 68.9 Å². The molecule has 0 saturated carbocycles. The second kappa shape index (κ2) is 7.39. The van der Waals surface area contributed by atoms with E-state index in [0.717, 1.165) is 0 Å². The summed E-state index contributed by atoms with van der Waals surface area (Å²) in [7, 11) is 0. The second-order valence-electron chi connectivity index (χ2n) is 5.38. The van der Waals surface area contributed by atoms with Gasteiger partial charge < -0.3 is 9.84 Å². The van der Waals surface area contributed by atoms with Crippen molar-refractivity contribution in [3.8, 4) is 5.75 Å². The number of aromatic nitrogens is 2. The Morgan fingerprint density at radius 1 is 1.24 bits per heavy atom. The van der Waals surface area contributed by atoms with Gasteiger partial charge in [-0.2, -0.15) is 0 Å². The molecule has 0 aliphatic heterocycles. The van der Waals surface area contributed by atoms with Gasteiger partial charge in [0.2, 0.25) is 0 Å². The van der Waals surface area contributed by atoms with Crippen molar-refractivity contribution in [1.82, 2.24) is 9.55 Å². The van der Waals surface area contributed by atoms with E-state index in [-0.39, 0.29) is 35.4 Å². The van der Waals surface area contributed by atoms with Crippen molar-refractivity contribution in [2.45, 2.75) is 12.6 Å². The lowest BCUT2D eigenvalue weighted by Crippen LogP contribution is -2.30. The maximum atomic E-state index is 13.2. The number of para-hydroxylation sites is 1. The Labute approximate surface area is 152 Å². The number of benzene rings is 2. The second-order valence-corrected chi connectivity index (χ2v) is 6.19. The van der Waals surface area contributed by atoms with Crippen molar-refractivity contribution in [3.63, 3.8) is 0 Å². The van der Waals surface area contributed by atoms with Gasteiger partial charge in [-0.15, -0.1) is 0 Å². The first-order valence-electron chi connectivity index (χ1n) is 7.35. The van der Waals surface area contributed by atoms with Gasteiger partial charge in [0, 0.05) is 6.07 Å². The fraction of sp³-hybridized carbons (Fsp3) is 0.176. The quantitative estimate of drug-likeness (QED) is 0.735. The molecule has 1 aromatic heterocycles. The average Bonchev–Trinajstić information content (AvgIpc) is 2.57. The minimum absolute atomic E-state index is 0.0405. The van der Waals surface area contributed by atoms with Gasteiger partial charge in [-0.1, -0.05) is 29.3 Å². The summed E-state index contributed by atoms with van der Waals surface area (Å²) in [5.41, 5.74) is -0.116. The molecular formula is C17H13Cl2FN2O3. The lowest BCUT2D eigenvalue weighted by atomic mass is 10.2. The third-order valence-corrected chi connectivity index (χ3v) is 4.13. The zero-order valence-electron chi connectivity index (χ0n) is 12.8. The van der Waals surface area contributed by atoms with Crippen LogP contribution in [0.25, 0.3) is 10.9 Å². The molecule has 0 aliphatic rings. The molecule has 0 bridgehead atoms. The Kier molecular flexibility index (Phi) is 5.22. The van der Waals surface area contributed by atoms with E-state index in [0.29, 0.717) is 10.0 Å². The number of rotatable bonds is 5. The number of aliphatic hydroxyl groups excluding tert-OH is 1. The summed E-state index contributed by atoms with van der Waals surface area (Å²) in [5, 5.41) is 11.0. The Morgan fingerprint density at radius 3 is 2.68 bits per heavy atom. The zero-order valence-corrected chi connectivity index (χ0v) is 14.3. The third-order valence-electron chi connectivity index (χ3n) is 3.53. The van der Waals surface area contributed by atoms with Crippen LogP contribution in [0, 0.1) is 5.82 Å². The predicted octanol–water partition coefficient (Wildman–Crippen LogP) is 3.28. The Bertz CT molecular complexity index is 958. The highest BCUT2D eigenvalue weighted by atomic mass is 35.5. The number of hydrogen-bond acceptors (Lipinski definition) is 4. The molecule has 1 N–H and O–H groups in total. The number of fused-ring (bicyclic) bond motifs is 1. The van der Waals surface area contributed by atoms with Crippen LogP contribution in [0.5, 0.6) is 5.75 Å². The number of ether oxygens (including phenoxy) is 1. The van der Waals surface area contributed by atoms with Gasteiger partial charge >= 0.3 is 0 Å². The fourth-order valence-electron chi connectivity index (χ4n) is 2.34. The predicted molar refractivity (Wildman–Crippen MR) is 93.9 cm³/mol. The highest BCUT2D eigenvalue weighted by molar-refractivity contribution is 6.37. The van der Waals surface area contributed by atoms with E-state index in [1.54, 1.807) is 18.2 Å². The van der Waals surface area contributed by atoms with Crippen LogP contribution in [0.4, 0.5) is 4.39 Å². The van der Waals surface area contributed by atoms with Gasteiger partial charge in [-0.05, 0) is 24.3 Å². The highest BCUT2D eigenvalue weighted by Crippen LogP contribution is 2.32. The summed E-state index contributed by atoms with van der Waals surface area (Å²) in [6.45, 7) is -0.154. The normalized spacial score (nSPS) is 12.3. The molecule has 0 aliphatic carbocycles. The van der Waals surface area contributed by atoms with Gasteiger partial charge in [0.15, 0.2) is 5.75 Å². The summed E-state index contributed by atoms with van der Waals surface area (Å²) in [5.74, 6) is -0.202. The molecule has 130 valence electrons. The molecule has 1 atom stereocenters.